The average molecular weight is 183 g/mol. The zero-order valence-corrected chi connectivity index (χ0v) is 9.88. The number of likely N-dealkylation sites (tertiary alicyclic amines) is 1. The van der Waals surface area contributed by atoms with E-state index in [1.807, 2.05) is 0 Å². The molecule has 0 aromatic rings. The summed E-state index contributed by atoms with van der Waals surface area (Å²) in [5.74, 6) is 0.829. The van der Waals surface area contributed by atoms with E-state index in [9.17, 15) is 0 Å². The largest absolute Gasteiger partial charge is 0.295 e. The second kappa shape index (κ2) is 4.45. The molecule has 0 saturated carbocycles. The van der Waals surface area contributed by atoms with Gasteiger partial charge in [-0.1, -0.05) is 13.8 Å². The summed E-state index contributed by atoms with van der Waals surface area (Å²) in [5, 5.41) is 0. The smallest absolute Gasteiger partial charge is 0.00750 e. The van der Waals surface area contributed by atoms with Gasteiger partial charge in [0.1, 0.15) is 0 Å². The van der Waals surface area contributed by atoms with Crippen molar-refractivity contribution in [2.75, 3.05) is 0 Å². The Morgan fingerprint density at radius 1 is 1.08 bits per heavy atom. The first-order valence-corrected chi connectivity index (χ1v) is 5.79. The summed E-state index contributed by atoms with van der Waals surface area (Å²) in [5.41, 5.74) is 0. The minimum atomic E-state index is 0.771. The molecule has 78 valence electrons. The molecule has 0 spiro atoms. The summed E-state index contributed by atoms with van der Waals surface area (Å²) >= 11 is 0. The Morgan fingerprint density at radius 3 is 1.92 bits per heavy atom. The number of hydrogen-bond acceptors (Lipinski definition) is 1. The second-order valence-electron chi connectivity index (χ2n) is 5.20. The first-order valence-electron chi connectivity index (χ1n) is 5.79. The van der Waals surface area contributed by atoms with Crippen molar-refractivity contribution in [3.8, 4) is 0 Å². The maximum atomic E-state index is 2.71. The minimum Gasteiger partial charge on any atom is -0.295 e. The van der Waals surface area contributed by atoms with E-state index in [-0.39, 0.29) is 0 Å². The molecule has 1 rings (SSSR count). The Hall–Kier alpha value is -0.0400. The van der Waals surface area contributed by atoms with Gasteiger partial charge in [0, 0.05) is 18.1 Å². The Morgan fingerprint density at radius 2 is 1.54 bits per heavy atom. The Balaban J connectivity index is 2.48. The molecule has 1 saturated heterocycles. The van der Waals surface area contributed by atoms with Gasteiger partial charge in [0.25, 0.3) is 0 Å². The lowest BCUT2D eigenvalue weighted by Crippen LogP contribution is -2.40. The van der Waals surface area contributed by atoms with Gasteiger partial charge < -0.3 is 0 Å². The first-order chi connectivity index (χ1) is 6.02. The highest BCUT2D eigenvalue weighted by molar-refractivity contribution is 4.86. The zero-order chi connectivity index (χ0) is 10.0. The van der Waals surface area contributed by atoms with Crippen molar-refractivity contribution in [2.24, 2.45) is 5.92 Å². The van der Waals surface area contributed by atoms with E-state index in [1.165, 1.54) is 19.3 Å². The van der Waals surface area contributed by atoms with Gasteiger partial charge in [-0.15, -0.1) is 0 Å². The second-order valence-corrected chi connectivity index (χ2v) is 5.20. The van der Waals surface area contributed by atoms with E-state index in [2.05, 4.69) is 39.5 Å². The lowest BCUT2D eigenvalue weighted by atomic mass is 10.0. The first kappa shape index (κ1) is 11.0. The summed E-state index contributed by atoms with van der Waals surface area (Å²) in [7, 11) is 0. The molecular weight excluding hydrogens is 158 g/mol. The predicted molar refractivity (Wildman–Crippen MR) is 58.9 cm³/mol. The fourth-order valence-electron chi connectivity index (χ4n) is 2.89. The van der Waals surface area contributed by atoms with Crippen LogP contribution in [-0.2, 0) is 0 Å². The van der Waals surface area contributed by atoms with Crippen molar-refractivity contribution < 1.29 is 0 Å². The standard InChI is InChI=1S/C12H25N/c1-9(2)8-12(5)13-10(3)6-7-11(13)4/h9-12H,6-8H2,1-5H3/t10-,11-,12-/m0/s1. The summed E-state index contributed by atoms with van der Waals surface area (Å²) in [6.45, 7) is 11.8. The van der Waals surface area contributed by atoms with Crippen LogP contribution in [0.1, 0.15) is 53.9 Å². The van der Waals surface area contributed by atoms with Crippen LogP contribution in [0.2, 0.25) is 0 Å². The van der Waals surface area contributed by atoms with Gasteiger partial charge in [-0.25, -0.2) is 0 Å². The third-order valence-corrected chi connectivity index (χ3v) is 3.34. The molecule has 0 amide bonds. The van der Waals surface area contributed by atoms with Crippen molar-refractivity contribution in [1.82, 2.24) is 4.90 Å². The Labute approximate surface area is 83.5 Å². The normalized spacial score (nSPS) is 32.8. The van der Waals surface area contributed by atoms with Crippen molar-refractivity contribution in [3.63, 3.8) is 0 Å². The molecule has 0 radical (unpaired) electrons. The van der Waals surface area contributed by atoms with Crippen molar-refractivity contribution in [1.29, 1.82) is 0 Å². The van der Waals surface area contributed by atoms with Gasteiger partial charge >= 0.3 is 0 Å². The third kappa shape index (κ3) is 2.70. The fourth-order valence-corrected chi connectivity index (χ4v) is 2.89. The molecule has 1 nitrogen and oxygen atoms in total. The van der Waals surface area contributed by atoms with Crippen LogP contribution in [0.5, 0.6) is 0 Å². The molecule has 0 unspecified atom stereocenters. The molecule has 1 aliphatic heterocycles. The maximum Gasteiger partial charge on any atom is 0.00750 e. The van der Waals surface area contributed by atoms with Crippen molar-refractivity contribution in [3.05, 3.63) is 0 Å². The Kier molecular flexibility index (Phi) is 3.78. The number of nitrogens with zero attached hydrogens (tertiary/aromatic N) is 1. The molecule has 0 aromatic heterocycles. The molecule has 0 bridgehead atoms. The van der Waals surface area contributed by atoms with Crippen LogP contribution in [0, 0.1) is 5.92 Å². The van der Waals surface area contributed by atoms with Crippen LogP contribution in [0.25, 0.3) is 0 Å². The number of rotatable bonds is 3. The molecule has 0 aliphatic carbocycles. The van der Waals surface area contributed by atoms with E-state index in [0.717, 1.165) is 24.0 Å². The number of hydrogen-bond donors (Lipinski definition) is 0. The van der Waals surface area contributed by atoms with Gasteiger partial charge in [0.15, 0.2) is 0 Å². The van der Waals surface area contributed by atoms with Gasteiger partial charge in [-0.2, -0.15) is 0 Å². The van der Waals surface area contributed by atoms with E-state index in [0.29, 0.717) is 0 Å². The summed E-state index contributed by atoms with van der Waals surface area (Å²) < 4.78 is 0. The van der Waals surface area contributed by atoms with Crippen LogP contribution in [0.4, 0.5) is 0 Å². The van der Waals surface area contributed by atoms with E-state index in [1.54, 1.807) is 0 Å². The summed E-state index contributed by atoms with van der Waals surface area (Å²) in [4.78, 5) is 2.71. The minimum absolute atomic E-state index is 0.771. The maximum absolute atomic E-state index is 2.71. The molecule has 1 fully saturated rings. The van der Waals surface area contributed by atoms with Crippen molar-refractivity contribution >= 4 is 0 Å². The monoisotopic (exact) mass is 183 g/mol. The summed E-state index contributed by atoms with van der Waals surface area (Å²) in [6.07, 6.45) is 4.13. The SMILES string of the molecule is CC(C)C[C@H](C)N1[C@@H](C)CC[C@@H]1C. The van der Waals surface area contributed by atoms with Gasteiger partial charge in [0.2, 0.25) is 0 Å². The summed E-state index contributed by atoms with van der Waals surface area (Å²) in [6, 6.07) is 2.39. The predicted octanol–water partition coefficient (Wildman–Crippen LogP) is 3.29. The third-order valence-electron chi connectivity index (χ3n) is 3.34. The van der Waals surface area contributed by atoms with Gasteiger partial charge in [-0.3, -0.25) is 4.90 Å². The van der Waals surface area contributed by atoms with Crippen LogP contribution in [-0.4, -0.2) is 23.0 Å². The highest BCUT2D eigenvalue weighted by atomic mass is 15.2. The quantitative estimate of drug-likeness (QED) is 0.649. The molecule has 3 atom stereocenters. The van der Waals surface area contributed by atoms with Crippen molar-refractivity contribution in [2.45, 2.75) is 72.0 Å². The lowest BCUT2D eigenvalue weighted by molar-refractivity contribution is 0.138. The molecule has 1 aliphatic rings. The highest BCUT2D eigenvalue weighted by Crippen LogP contribution is 2.28. The highest BCUT2D eigenvalue weighted by Gasteiger charge is 2.30. The molecule has 0 aromatic carbocycles. The molecule has 1 heteroatoms. The van der Waals surface area contributed by atoms with E-state index < -0.39 is 0 Å². The van der Waals surface area contributed by atoms with Gasteiger partial charge in [0.05, 0.1) is 0 Å². The van der Waals surface area contributed by atoms with Gasteiger partial charge in [-0.05, 0) is 46.0 Å². The average Bonchev–Trinajstić information content (AvgIpc) is 2.29. The van der Waals surface area contributed by atoms with Crippen LogP contribution in [0.15, 0.2) is 0 Å². The molecule has 0 N–H and O–H groups in total. The molecule has 13 heavy (non-hydrogen) atoms. The molecule has 1 heterocycles. The topological polar surface area (TPSA) is 3.24 Å². The lowest BCUT2D eigenvalue weighted by Gasteiger charge is -2.33. The molecular formula is C12H25N. The van der Waals surface area contributed by atoms with Crippen LogP contribution >= 0.6 is 0 Å². The van der Waals surface area contributed by atoms with Crippen LogP contribution in [0.3, 0.4) is 0 Å². The van der Waals surface area contributed by atoms with E-state index >= 15 is 0 Å². The van der Waals surface area contributed by atoms with E-state index in [4.69, 9.17) is 0 Å². The fraction of sp³-hybridized carbons (Fsp3) is 1.00. The zero-order valence-electron chi connectivity index (χ0n) is 9.88. The Bertz CT molecular complexity index is 143. The van der Waals surface area contributed by atoms with Crippen LogP contribution < -0.4 is 0 Å².